The van der Waals surface area contributed by atoms with Crippen LogP contribution in [0.5, 0.6) is 5.75 Å². The molecule has 0 saturated carbocycles. The molecule has 0 radical (unpaired) electrons. The van der Waals surface area contributed by atoms with Crippen LogP contribution in [0.2, 0.25) is 0 Å². The lowest BCUT2D eigenvalue weighted by Gasteiger charge is -2.07. The molecule has 0 heterocycles. The Kier molecular flexibility index (Phi) is 4.60. The maximum Gasteiger partial charge on any atom is 0.416 e. The van der Waals surface area contributed by atoms with Crippen LogP contribution >= 0.6 is 11.8 Å². The number of hydrogen-bond donors (Lipinski definition) is 0. The molecule has 0 N–H and O–H groups in total. The Balaban J connectivity index is 1.96. The van der Waals surface area contributed by atoms with Crippen molar-refractivity contribution in [1.82, 2.24) is 0 Å². The van der Waals surface area contributed by atoms with E-state index in [1.807, 2.05) is 24.3 Å². The van der Waals surface area contributed by atoms with Gasteiger partial charge in [-0.2, -0.15) is 13.2 Å². The molecule has 0 fully saturated rings. The molecule has 2 rings (SSSR count). The number of thioether (sulfide) groups is 1. The highest BCUT2D eigenvalue weighted by Crippen LogP contribution is 2.31. The molecule has 2 aromatic rings. The van der Waals surface area contributed by atoms with Crippen LogP contribution in [0, 0.1) is 0 Å². The zero-order chi connectivity index (χ0) is 14.6. The van der Waals surface area contributed by atoms with Crippen molar-refractivity contribution >= 4 is 11.8 Å². The second-order valence-corrected chi connectivity index (χ2v) is 5.21. The summed E-state index contributed by atoms with van der Waals surface area (Å²) in [5.74, 6) is 1.49. The van der Waals surface area contributed by atoms with Gasteiger partial charge in [0.05, 0.1) is 12.7 Å². The minimum absolute atomic E-state index is 0.619. The number of benzene rings is 2. The summed E-state index contributed by atoms with van der Waals surface area (Å²) in [5.41, 5.74) is 0.474. The van der Waals surface area contributed by atoms with E-state index in [1.54, 1.807) is 7.11 Å². The highest BCUT2D eigenvalue weighted by Gasteiger charge is 2.29. The van der Waals surface area contributed by atoms with E-state index in [-0.39, 0.29) is 0 Å². The largest absolute Gasteiger partial charge is 0.497 e. The van der Waals surface area contributed by atoms with Crippen LogP contribution < -0.4 is 4.74 Å². The topological polar surface area (TPSA) is 9.23 Å². The van der Waals surface area contributed by atoms with Gasteiger partial charge in [0, 0.05) is 10.6 Å². The number of rotatable bonds is 4. The van der Waals surface area contributed by atoms with Crippen molar-refractivity contribution in [3.05, 3.63) is 59.7 Å². The zero-order valence-corrected chi connectivity index (χ0v) is 11.6. The van der Waals surface area contributed by atoms with E-state index in [0.29, 0.717) is 5.75 Å². The van der Waals surface area contributed by atoms with E-state index in [1.165, 1.54) is 23.9 Å². The molecule has 20 heavy (non-hydrogen) atoms. The lowest BCUT2D eigenvalue weighted by molar-refractivity contribution is -0.137. The van der Waals surface area contributed by atoms with Crippen LogP contribution in [0.3, 0.4) is 0 Å². The molecule has 0 unspecified atom stereocenters. The molecule has 2 aromatic carbocycles. The number of ether oxygens (including phenoxy) is 1. The van der Waals surface area contributed by atoms with Crippen LogP contribution in [0.1, 0.15) is 11.1 Å². The fourth-order valence-electron chi connectivity index (χ4n) is 1.63. The lowest BCUT2D eigenvalue weighted by atomic mass is 10.2. The summed E-state index contributed by atoms with van der Waals surface area (Å²) in [6.07, 6.45) is -4.28. The van der Waals surface area contributed by atoms with Crippen molar-refractivity contribution in [2.24, 2.45) is 0 Å². The van der Waals surface area contributed by atoms with Crippen molar-refractivity contribution in [3.63, 3.8) is 0 Å². The molecule has 1 nitrogen and oxygen atoms in total. The number of methoxy groups -OCH3 is 1. The first-order chi connectivity index (χ1) is 9.49. The van der Waals surface area contributed by atoms with Crippen LogP contribution in [-0.2, 0) is 11.9 Å². The van der Waals surface area contributed by atoms with Gasteiger partial charge < -0.3 is 4.74 Å². The van der Waals surface area contributed by atoms with E-state index in [0.717, 1.165) is 28.3 Å². The third kappa shape index (κ3) is 3.93. The minimum Gasteiger partial charge on any atom is -0.497 e. The first-order valence-corrected chi connectivity index (χ1v) is 6.90. The molecule has 0 bridgehead atoms. The standard InChI is InChI=1S/C15H13F3OS/c1-19-13-6-2-11(3-7-13)10-20-14-8-4-12(5-9-14)15(16,17)18/h2-9H,10H2,1H3. The number of hydrogen-bond acceptors (Lipinski definition) is 2. The van der Waals surface area contributed by atoms with Gasteiger partial charge in [0.2, 0.25) is 0 Å². The Labute approximate surface area is 119 Å². The molecule has 0 aliphatic heterocycles. The van der Waals surface area contributed by atoms with Crippen molar-refractivity contribution in [2.45, 2.75) is 16.8 Å². The molecule has 0 atom stereocenters. The second-order valence-electron chi connectivity index (χ2n) is 4.16. The van der Waals surface area contributed by atoms with Crippen molar-refractivity contribution < 1.29 is 17.9 Å². The molecule has 0 saturated heterocycles. The Morgan fingerprint density at radius 1 is 0.950 bits per heavy atom. The Morgan fingerprint density at radius 2 is 1.55 bits per heavy atom. The fraction of sp³-hybridized carbons (Fsp3) is 0.200. The molecular formula is C15H13F3OS. The van der Waals surface area contributed by atoms with Crippen LogP contribution in [-0.4, -0.2) is 7.11 Å². The predicted molar refractivity (Wildman–Crippen MR) is 74.0 cm³/mol. The Bertz CT molecular complexity index is 547. The first kappa shape index (κ1) is 14.8. The third-order valence-electron chi connectivity index (χ3n) is 2.75. The van der Waals surface area contributed by atoms with Gasteiger partial charge in [-0.05, 0) is 42.0 Å². The Morgan fingerprint density at radius 3 is 2.05 bits per heavy atom. The molecule has 0 aliphatic rings. The maximum absolute atomic E-state index is 12.4. The summed E-state index contributed by atoms with van der Waals surface area (Å²) in [6.45, 7) is 0. The minimum atomic E-state index is -4.28. The van der Waals surface area contributed by atoms with E-state index in [4.69, 9.17) is 4.74 Å². The summed E-state index contributed by atoms with van der Waals surface area (Å²) in [7, 11) is 1.60. The van der Waals surface area contributed by atoms with E-state index < -0.39 is 11.7 Å². The number of halogens is 3. The van der Waals surface area contributed by atoms with Crippen molar-refractivity contribution in [1.29, 1.82) is 0 Å². The molecular weight excluding hydrogens is 285 g/mol. The van der Waals surface area contributed by atoms with Gasteiger partial charge in [0.15, 0.2) is 0 Å². The molecule has 0 aromatic heterocycles. The predicted octanol–water partition coefficient (Wildman–Crippen LogP) is 5.01. The average Bonchev–Trinajstić information content (AvgIpc) is 2.45. The second kappa shape index (κ2) is 6.22. The summed E-state index contributed by atoms with van der Waals surface area (Å²) in [6, 6.07) is 12.8. The molecule has 5 heteroatoms. The summed E-state index contributed by atoms with van der Waals surface area (Å²) in [5, 5.41) is 0. The smallest absolute Gasteiger partial charge is 0.416 e. The van der Waals surface area contributed by atoms with Gasteiger partial charge >= 0.3 is 6.18 Å². The molecule has 0 spiro atoms. The zero-order valence-electron chi connectivity index (χ0n) is 10.8. The van der Waals surface area contributed by atoms with Crippen LogP contribution in [0.4, 0.5) is 13.2 Å². The fourth-order valence-corrected chi connectivity index (χ4v) is 2.48. The normalized spacial score (nSPS) is 11.4. The van der Waals surface area contributed by atoms with E-state index in [9.17, 15) is 13.2 Å². The van der Waals surface area contributed by atoms with Gasteiger partial charge in [0.25, 0.3) is 0 Å². The van der Waals surface area contributed by atoms with Crippen molar-refractivity contribution in [3.8, 4) is 5.75 Å². The summed E-state index contributed by atoms with van der Waals surface area (Å²) < 4.78 is 42.3. The van der Waals surface area contributed by atoms with Crippen LogP contribution in [0.25, 0.3) is 0 Å². The summed E-state index contributed by atoms with van der Waals surface area (Å²) in [4.78, 5) is 0.814. The molecule has 0 aliphatic carbocycles. The van der Waals surface area contributed by atoms with Gasteiger partial charge in [0.1, 0.15) is 5.75 Å². The first-order valence-electron chi connectivity index (χ1n) is 5.92. The quantitative estimate of drug-likeness (QED) is 0.734. The maximum atomic E-state index is 12.4. The number of alkyl halides is 3. The van der Waals surface area contributed by atoms with Gasteiger partial charge in [-0.15, -0.1) is 11.8 Å². The van der Waals surface area contributed by atoms with Gasteiger partial charge in [-0.25, -0.2) is 0 Å². The highest BCUT2D eigenvalue weighted by atomic mass is 32.2. The SMILES string of the molecule is COc1ccc(CSc2ccc(C(F)(F)F)cc2)cc1. The monoisotopic (exact) mass is 298 g/mol. The van der Waals surface area contributed by atoms with Gasteiger partial charge in [-0.1, -0.05) is 12.1 Å². The van der Waals surface area contributed by atoms with E-state index in [2.05, 4.69) is 0 Å². The lowest BCUT2D eigenvalue weighted by Crippen LogP contribution is -2.03. The van der Waals surface area contributed by atoms with Crippen LogP contribution in [0.15, 0.2) is 53.4 Å². The average molecular weight is 298 g/mol. The Hall–Kier alpha value is -1.62. The third-order valence-corrected chi connectivity index (χ3v) is 3.83. The van der Waals surface area contributed by atoms with Gasteiger partial charge in [-0.3, -0.25) is 0 Å². The summed E-state index contributed by atoms with van der Waals surface area (Å²) >= 11 is 1.50. The van der Waals surface area contributed by atoms with Crippen molar-refractivity contribution in [2.75, 3.05) is 7.11 Å². The molecule has 0 amide bonds. The highest BCUT2D eigenvalue weighted by molar-refractivity contribution is 7.98. The van der Waals surface area contributed by atoms with E-state index >= 15 is 0 Å². The molecule has 106 valence electrons.